The van der Waals surface area contributed by atoms with Gasteiger partial charge in [-0.2, -0.15) is 0 Å². The van der Waals surface area contributed by atoms with Crippen molar-refractivity contribution in [3.8, 4) is 22.3 Å². The van der Waals surface area contributed by atoms with Crippen LogP contribution in [0.3, 0.4) is 0 Å². The predicted octanol–water partition coefficient (Wildman–Crippen LogP) is 7.91. The number of benzene rings is 5. The van der Waals surface area contributed by atoms with Crippen molar-refractivity contribution in [3.05, 3.63) is 155 Å². The summed E-state index contributed by atoms with van der Waals surface area (Å²) < 4.78 is 0. The molecule has 0 radical (unpaired) electrons. The zero-order valence-electron chi connectivity index (χ0n) is 18.2. The Kier molecular flexibility index (Phi) is 3.27. The number of fused-ring (bicyclic) bond motifs is 15. The van der Waals surface area contributed by atoms with E-state index in [4.69, 9.17) is 0 Å². The summed E-state index contributed by atoms with van der Waals surface area (Å²) >= 11 is 0. The van der Waals surface area contributed by atoms with Gasteiger partial charge in [0.1, 0.15) is 0 Å². The van der Waals surface area contributed by atoms with Crippen LogP contribution in [0.25, 0.3) is 22.3 Å². The third kappa shape index (κ3) is 1.95. The number of hydrogen-bond donors (Lipinski definition) is 0. The van der Waals surface area contributed by atoms with Gasteiger partial charge in [-0.05, 0) is 55.6 Å². The van der Waals surface area contributed by atoms with Crippen LogP contribution in [0.5, 0.6) is 0 Å². The molecule has 3 aliphatic rings. The van der Waals surface area contributed by atoms with Crippen molar-refractivity contribution in [1.82, 2.24) is 0 Å². The number of rotatable bonds is 0. The van der Waals surface area contributed by atoms with Crippen LogP contribution in [0.1, 0.15) is 45.2 Å². The van der Waals surface area contributed by atoms with Gasteiger partial charge in [0, 0.05) is 11.8 Å². The molecule has 154 valence electrons. The molecule has 0 nitrogen and oxygen atoms in total. The van der Waals surface area contributed by atoms with Crippen LogP contribution >= 0.6 is 0 Å². The Morgan fingerprint density at radius 1 is 0.364 bits per heavy atom. The van der Waals surface area contributed by atoms with Crippen molar-refractivity contribution in [2.24, 2.45) is 0 Å². The normalized spacial score (nSPS) is 19.8. The molecule has 8 rings (SSSR count). The van der Waals surface area contributed by atoms with Gasteiger partial charge in [-0.25, -0.2) is 0 Å². The highest BCUT2D eigenvalue weighted by Gasteiger charge is 2.60. The summed E-state index contributed by atoms with van der Waals surface area (Å²) in [7, 11) is 0. The number of hydrogen-bond acceptors (Lipinski definition) is 0. The van der Waals surface area contributed by atoms with E-state index in [1.807, 2.05) is 0 Å². The van der Waals surface area contributed by atoms with E-state index in [-0.39, 0.29) is 5.41 Å². The summed E-state index contributed by atoms with van der Waals surface area (Å²) in [5, 5.41) is 0. The van der Waals surface area contributed by atoms with E-state index in [1.165, 1.54) is 55.6 Å². The Labute approximate surface area is 194 Å². The first-order chi connectivity index (χ1) is 16.4. The lowest BCUT2D eigenvalue weighted by molar-refractivity contribution is 0.491. The van der Waals surface area contributed by atoms with Crippen molar-refractivity contribution in [2.45, 2.75) is 17.3 Å². The first kappa shape index (κ1) is 17.6. The Balaban J connectivity index is 1.59. The molecule has 2 unspecified atom stereocenters. The highest BCUT2D eigenvalue weighted by Crippen LogP contribution is 2.70. The highest BCUT2D eigenvalue weighted by molar-refractivity contribution is 5.89. The van der Waals surface area contributed by atoms with Crippen LogP contribution in [0.4, 0.5) is 0 Å². The van der Waals surface area contributed by atoms with Gasteiger partial charge in [0.2, 0.25) is 0 Å². The van der Waals surface area contributed by atoms with E-state index in [0.29, 0.717) is 11.8 Å². The zero-order chi connectivity index (χ0) is 21.6. The minimum atomic E-state index is -0.182. The fourth-order valence-electron chi connectivity index (χ4n) is 7.41. The lowest BCUT2D eigenvalue weighted by atomic mass is 9.60. The second kappa shape index (κ2) is 6.11. The Morgan fingerprint density at radius 3 is 1.42 bits per heavy atom. The predicted molar refractivity (Wildman–Crippen MR) is 135 cm³/mol. The molecule has 0 amide bonds. The van der Waals surface area contributed by atoms with Crippen molar-refractivity contribution in [1.29, 1.82) is 0 Å². The van der Waals surface area contributed by atoms with Gasteiger partial charge in [-0.1, -0.05) is 121 Å². The van der Waals surface area contributed by atoms with Crippen molar-refractivity contribution >= 4 is 0 Å². The molecule has 0 N–H and O–H groups in total. The maximum absolute atomic E-state index is 2.40. The van der Waals surface area contributed by atoms with Gasteiger partial charge in [-0.3, -0.25) is 0 Å². The molecule has 0 saturated carbocycles. The molecule has 0 heterocycles. The molecule has 2 atom stereocenters. The maximum atomic E-state index is 2.40. The van der Waals surface area contributed by atoms with Gasteiger partial charge in [-0.15, -0.1) is 0 Å². The molecule has 0 saturated heterocycles. The third-order valence-electron chi connectivity index (χ3n) is 8.40. The van der Waals surface area contributed by atoms with E-state index in [9.17, 15) is 0 Å². The van der Waals surface area contributed by atoms with Crippen molar-refractivity contribution in [2.75, 3.05) is 0 Å². The maximum Gasteiger partial charge on any atom is 0.0544 e. The quantitative estimate of drug-likeness (QED) is 0.240. The lowest BCUT2D eigenvalue weighted by Gasteiger charge is -2.41. The Morgan fingerprint density at radius 2 is 0.788 bits per heavy atom. The molecule has 0 aliphatic heterocycles. The molecule has 33 heavy (non-hydrogen) atoms. The van der Waals surface area contributed by atoms with E-state index in [0.717, 1.165) is 0 Å². The smallest absolute Gasteiger partial charge is 0.0544 e. The van der Waals surface area contributed by atoms with Crippen LogP contribution in [0.15, 0.2) is 121 Å². The molecule has 0 heteroatoms. The van der Waals surface area contributed by atoms with E-state index in [2.05, 4.69) is 121 Å². The summed E-state index contributed by atoms with van der Waals surface area (Å²) in [5.41, 5.74) is 14.2. The van der Waals surface area contributed by atoms with Crippen molar-refractivity contribution in [3.63, 3.8) is 0 Å². The molecule has 5 aromatic carbocycles. The largest absolute Gasteiger partial charge is 0.0620 e. The summed E-state index contributed by atoms with van der Waals surface area (Å²) in [6.07, 6.45) is 0. The first-order valence-corrected chi connectivity index (χ1v) is 11.9. The van der Waals surface area contributed by atoms with Crippen molar-refractivity contribution < 1.29 is 0 Å². The summed E-state index contributed by atoms with van der Waals surface area (Å²) in [6.45, 7) is 0. The van der Waals surface area contributed by atoms with Crippen LogP contribution in [-0.4, -0.2) is 0 Å². The van der Waals surface area contributed by atoms with Gasteiger partial charge in [0.05, 0.1) is 5.41 Å². The fraction of sp³-hybridized carbons (Fsp3) is 0.0909. The van der Waals surface area contributed by atoms with Crippen LogP contribution in [-0.2, 0) is 5.41 Å². The average molecular weight is 419 g/mol. The van der Waals surface area contributed by atoms with E-state index >= 15 is 0 Å². The summed E-state index contributed by atoms with van der Waals surface area (Å²) in [5.74, 6) is 0.664. The zero-order valence-corrected chi connectivity index (χ0v) is 18.2. The Hall–Kier alpha value is -3.90. The SMILES string of the molecule is c1ccc2c(c1)-c1ccccc1C1C2c2ccccc2C12c1ccccc1-c1ccccc12. The van der Waals surface area contributed by atoms with Gasteiger partial charge in [0.15, 0.2) is 0 Å². The van der Waals surface area contributed by atoms with E-state index in [1.54, 1.807) is 0 Å². The van der Waals surface area contributed by atoms with E-state index < -0.39 is 0 Å². The first-order valence-electron chi connectivity index (χ1n) is 11.9. The molecule has 3 aliphatic carbocycles. The highest BCUT2D eigenvalue weighted by atomic mass is 14.6. The standard InChI is InChI=1S/C33H22/c1-3-15-25-21(11-1)22-12-2-4-16-26(22)32-31(25)27-17-7-10-20-30(27)33(32)28-18-8-5-13-23(28)24-14-6-9-19-29(24)33/h1-20,31-32H. The second-order valence-corrected chi connectivity index (χ2v) is 9.62. The lowest BCUT2D eigenvalue weighted by Crippen LogP contribution is -2.34. The summed E-state index contributed by atoms with van der Waals surface area (Å²) in [4.78, 5) is 0. The molecule has 0 fully saturated rings. The van der Waals surface area contributed by atoms with Crippen LogP contribution < -0.4 is 0 Å². The molecule has 0 bridgehead atoms. The molecular weight excluding hydrogens is 396 g/mol. The van der Waals surface area contributed by atoms with Gasteiger partial charge < -0.3 is 0 Å². The average Bonchev–Trinajstić information content (AvgIpc) is 3.37. The second-order valence-electron chi connectivity index (χ2n) is 9.62. The van der Waals surface area contributed by atoms with Gasteiger partial charge in [0.25, 0.3) is 0 Å². The summed E-state index contributed by atoms with van der Waals surface area (Å²) in [6, 6.07) is 45.7. The third-order valence-corrected chi connectivity index (χ3v) is 8.40. The molecular formula is C33H22. The minimum absolute atomic E-state index is 0.182. The Bertz CT molecular complexity index is 1540. The molecule has 5 aromatic rings. The van der Waals surface area contributed by atoms with Crippen LogP contribution in [0.2, 0.25) is 0 Å². The molecule has 0 aromatic heterocycles. The monoisotopic (exact) mass is 418 g/mol. The van der Waals surface area contributed by atoms with Crippen LogP contribution in [0, 0.1) is 0 Å². The minimum Gasteiger partial charge on any atom is -0.0620 e. The fourth-order valence-corrected chi connectivity index (χ4v) is 7.41. The molecule has 1 spiro atoms. The topological polar surface area (TPSA) is 0 Å². The van der Waals surface area contributed by atoms with Gasteiger partial charge >= 0.3 is 0 Å².